The van der Waals surface area contributed by atoms with Crippen molar-refractivity contribution in [2.24, 2.45) is 0 Å². The number of nitrogens with one attached hydrogen (secondary N) is 1. The summed E-state index contributed by atoms with van der Waals surface area (Å²) in [4.78, 5) is 19.7. The van der Waals surface area contributed by atoms with Crippen LogP contribution >= 0.6 is 0 Å². The minimum atomic E-state index is 0.129. The number of para-hydroxylation sites is 1. The van der Waals surface area contributed by atoms with Gasteiger partial charge in [0.25, 0.3) is 5.91 Å². The molecule has 1 amide bonds. The van der Waals surface area contributed by atoms with Gasteiger partial charge in [-0.1, -0.05) is 18.2 Å². The molecule has 1 saturated heterocycles. The van der Waals surface area contributed by atoms with Gasteiger partial charge in [-0.3, -0.25) is 9.69 Å². The van der Waals surface area contributed by atoms with Crippen LogP contribution in [0.1, 0.15) is 15.9 Å². The van der Waals surface area contributed by atoms with E-state index in [1.54, 1.807) is 6.20 Å². The number of hydrogen-bond donors (Lipinski definition) is 1. The van der Waals surface area contributed by atoms with Crippen LogP contribution in [-0.4, -0.2) is 60.0 Å². The molecule has 0 radical (unpaired) electrons. The molecule has 0 saturated carbocycles. The summed E-state index contributed by atoms with van der Waals surface area (Å²) in [5.41, 5.74) is 1.79. The highest BCUT2D eigenvalue weighted by Gasteiger charge is 2.23. The first-order valence-electron chi connectivity index (χ1n) is 8.07. The molecule has 2 aromatic rings. The lowest BCUT2D eigenvalue weighted by atomic mass is 10.2. The zero-order valence-electron chi connectivity index (χ0n) is 13.5. The molecule has 1 fully saturated rings. The summed E-state index contributed by atoms with van der Waals surface area (Å²) in [5.74, 6) is 1.04. The number of aromatic amines is 1. The van der Waals surface area contributed by atoms with E-state index >= 15 is 0 Å². The second-order valence-electron chi connectivity index (χ2n) is 5.85. The van der Waals surface area contributed by atoms with E-state index in [0.29, 0.717) is 6.61 Å². The zero-order valence-corrected chi connectivity index (χ0v) is 13.5. The first-order chi connectivity index (χ1) is 11.2. The fraction of sp³-hybridized carbons (Fsp3) is 0.389. The fourth-order valence-corrected chi connectivity index (χ4v) is 2.83. The van der Waals surface area contributed by atoms with Gasteiger partial charge in [0.1, 0.15) is 12.4 Å². The van der Waals surface area contributed by atoms with Crippen molar-refractivity contribution >= 4 is 5.91 Å². The molecule has 3 rings (SSSR count). The molecule has 122 valence electrons. The second kappa shape index (κ2) is 7.33. The molecule has 23 heavy (non-hydrogen) atoms. The lowest BCUT2D eigenvalue weighted by Crippen LogP contribution is -2.49. The number of hydrogen-bond acceptors (Lipinski definition) is 3. The van der Waals surface area contributed by atoms with Crippen molar-refractivity contribution in [3.05, 3.63) is 53.9 Å². The third-order valence-corrected chi connectivity index (χ3v) is 4.26. The number of rotatable bonds is 5. The third kappa shape index (κ3) is 3.93. The molecule has 0 unspecified atom stereocenters. The maximum atomic E-state index is 12.5. The van der Waals surface area contributed by atoms with Crippen LogP contribution < -0.4 is 4.74 Å². The first-order valence-corrected chi connectivity index (χ1v) is 8.07. The van der Waals surface area contributed by atoms with Crippen LogP contribution in [0.15, 0.2) is 42.7 Å². The lowest BCUT2D eigenvalue weighted by molar-refractivity contribution is 0.0620. The van der Waals surface area contributed by atoms with E-state index in [4.69, 9.17) is 4.74 Å². The summed E-state index contributed by atoms with van der Waals surface area (Å²) >= 11 is 0. The van der Waals surface area contributed by atoms with Crippen molar-refractivity contribution in [1.29, 1.82) is 0 Å². The molecule has 1 N–H and O–H groups in total. The van der Waals surface area contributed by atoms with Gasteiger partial charge in [0.05, 0.1) is 5.56 Å². The highest BCUT2D eigenvalue weighted by molar-refractivity contribution is 5.95. The van der Waals surface area contributed by atoms with Gasteiger partial charge in [0.15, 0.2) is 0 Å². The SMILES string of the molecule is Cc1c[nH]cc1C(=O)N1CCN(CCOc2ccccc2)CC1. The van der Waals surface area contributed by atoms with Crippen molar-refractivity contribution < 1.29 is 9.53 Å². The molecular formula is C18H23N3O2. The normalized spacial score (nSPS) is 15.6. The molecule has 1 aliphatic rings. The predicted octanol–water partition coefficient (Wildman–Crippen LogP) is 2.16. The number of ether oxygens (including phenoxy) is 1. The second-order valence-corrected chi connectivity index (χ2v) is 5.85. The Hall–Kier alpha value is -2.27. The Labute approximate surface area is 136 Å². The average Bonchev–Trinajstić information content (AvgIpc) is 3.02. The summed E-state index contributed by atoms with van der Waals surface area (Å²) in [6.07, 6.45) is 3.65. The standard InChI is InChI=1S/C18H23N3O2/c1-15-13-19-14-17(15)18(22)21-9-7-20(8-10-21)11-12-23-16-5-3-2-4-6-16/h2-6,13-14,19H,7-12H2,1H3. The van der Waals surface area contributed by atoms with Crippen molar-refractivity contribution in [2.75, 3.05) is 39.3 Å². The van der Waals surface area contributed by atoms with Crippen molar-refractivity contribution in [1.82, 2.24) is 14.8 Å². The van der Waals surface area contributed by atoms with Gasteiger partial charge < -0.3 is 14.6 Å². The lowest BCUT2D eigenvalue weighted by Gasteiger charge is -2.34. The third-order valence-electron chi connectivity index (χ3n) is 4.26. The zero-order chi connectivity index (χ0) is 16.1. The van der Waals surface area contributed by atoms with E-state index in [0.717, 1.165) is 49.6 Å². The topological polar surface area (TPSA) is 48.6 Å². The molecular weight excluding hydrogens is 290 g/mol. The Kier molecular flexibility index (Phi) is 4.98. The maximum absolute atomic E-state index is 12.5. The van der Waals surface area contributed by atoms with Gasteiger partial charge in [0, 0.05) is 45.1 Å². The van der Waals surface area contributed by atoms with Crippen LogP contribution in [-0.2, 0) is 0 Å². The number of piperazine rings is 1. The van der Waals surface area contributed by atoms with Gasteiger partial charge >= 0.3 is 0 Å². The monoisotopic (exact) mass is 313 g/mol. The summed E-state index contributed by atoms with van der Waals surface area (Å²) in [6.45, 7) is 6.86. The molecule has 0 aliphatic carbocycles. The molecule has 1 aliphatic heterocycles. The largest absolute Gasteiger partial charge is 0.492 e. The Morgan fingerprint density at radius 3 is 2.52 bits per heavy atom. The number of aromatic nitrogens is 1. The van der Waals surface area contributed by atoms with E-state index < -0.39 is 0 Å². The van der Waals surface area contributed by atoms with E-state index in [2.05, 4.69) is 9.88 Å². The molecule has 0 bridgehead atoms. The van der Waals surface area contributed by atoms with Crippen LogP contribution in [0, 0.1) is 6.92 Å². The van der Waals surface area contributed by atoms with Crippen LogP contribution in [0.3, 0.4) is 0 Å². The number of carbonyl (C=O) groups is 1. The molecule has 5 heteroatoms. The Balaban J connectivity index is 1.42. The van der Waals surface area contributed by atoms with Gasteiger partial charge in [-0.2, -0.15) is 0 Å². The van der Waals surface area contributed by atoms with Crippen LogP contribution in [0.25, 0.3) is 0 Å². The van der Waals surface area contributed by atoms with Crippen LogP contribution in [0.2, 0.25) is 0 Å². The number of amides is 1. The molecule has 1 aromatic carbocycles. The Morgan fingerprint density at radius 1 is 1.13 bits per heavy atom. The van der Waals surface area contributed by atoms with Crippen LogP contribution in [0.5, 0.6) is 5.75 Å². The van der Waals surface area contributed by atoms with Crippen LogP contribution in [0.4, 0.5) is 0 Å². The molecule has 0 atom stereocenters. The van der Waals surface area contributed by atoms with Crippen molar-refractivity contribution in [2.45, 2.75) is 6.92 Å². The summed E-state index contributed by atoms with van der Waals surface area (Å²) in [7, 11) is 0. The molecule has 2 heterocycles. The van der Waals surface area contributed by atoms with E-state index in [1.807, 2.05) is 48.4 Å². The molecule has 5 nitrogen and oxygen atoms in total. The minimum Gasteiger partial charge on any atom is -0.492 e. The smallest absolute Gasteiger partial charge is 0.255 e. The quantitative estimate of drug-likeness (QED) is 0.920. The summed E-state index contributed by atoms with van der Waals surface area (Å²) in [6, 6.07) is 9.87. The molecule has 1 aromatic heterocycles. The van der Waals surface area contributed by atoms with Gasteiger partial charge in [-0.05, 0) is 24.6 Å². The Morgan fingerprint density at radius 2 is 1.87 bits per heavy atom. The maximum Gasteiger partial charge on any atom is 0.255 e. The fourth-order valence-electron chi connectivity index (χ4n) is 2.83. The number of carbonyl (C=O) groups excluding carboxylic acids is 1. The minimum absolute atomic E-state index is 0.129. The van der Waals surface area contributed by atoms with Gasteiger partial charge in [-0.15, -0.1) is 0 Å². The number of aryl methyl sites for hydroxylation is 1. The van der Waals surface area contributed by atoms with E-state index in [9.17, 15) is 4.79 Å². The van der Waals surface area contributed by atoms with Gasteiger partial charge in [0.2, 0.25) is 0 Å². The molecule has 0 spiro atoms. The highest BCUT2D eigenvalue weighted by Crippen LogP contribution is 2.12. The average molecular weight is 313 g/mol. The highest BCUT2D eigenvalue weighted by atomic mass is 16.5. The predicted molar refractivity (Wildman–Crippen MR) is 89.8 cm³/mol. The Bertz CT molecular complexity index is 631. The number of benzene rings is 1. The van der Waals surface area contributed by atoms with E-state index in [1.165, 1.54) is 0 Å². The van der Waals surface area contributed by atoms with Crippen molar-refractivity contribution in [3.63, 3.8) is 0 Å². The van der Waals surface area contributed by atoms with Gasteiger partial charge in [-0.25, -0.2) is 0 Å². The van der Waals surface area contributed by atoms with E-state index in [-0.39, 0.29) is 5.91 Å². The summed E-state index contributed by atoms with van der Waals surface area (Å²) in [5, 5.41) is 0. The van der Waals surface area contributed by atoms with Crippen molar-refractivity contribution in [3.8, 4) is 5.75 Å². The number of H-pyrrole nitrogens is 1. The number of nitrogens with zero attached hydrogens (tertiary/aromatic N) is 2. The first kappa shape index (κ1) is 15.6. The summed E-state index contributed by atoms with van der Waals surface area (Å²) < 4.78 is 5.73.